The summed E-state index contributed by atoms with van der Waals surface area (Å²) in [6.45, 7) is -1.23. The third-order valence-electron chi connectivity index (χ3n) is 1.03. The van der Waals surface area contributed by atoms with Gasteiger partial charge in [0.05, 0.1) is 6.67 Å². The molecule has 0 aromatic rings. The maximum atomic E-state index is 12.3. The van der Waals surface area contributed by atoms with Crippen LogP contribution in [-0.2, 0) is 14.5 Å². The normalized spacial score (nSPS) is 17.3. The average Bonchev–Trinajstić information content (AvgIpc) is 2.03. The maximum absolute atomic E-state index is 12.3. The molecule has 2 atom stereocenters. The van der Waals surface area contributed by atoms with E-state index in [1.165, 1.54) is 0 Å². The summed E-state index contributed by atoms with van der Waals surface area (Å²) in [7, 11) is -5.19. The van der Waals surface area contributed by atoms with E-state index in [2.05, 4.69) is 4.39 Å². The van der Waals surface area contributed by atoms with Crippen molar-refractivity contribution in [1.29, 1.82) is 0 Å². The van der Waals surface area contributed by atoms with Crippen LogP contribution in [0.15, 0.2) is 0 Å². The van der Waals surface area contributed by atoms with E-state index in [1.807, 2.05) is 0 Å². The molecule has 0 spiro atoms. The highest BCUT2D eigenvalue weighted by molar-refractivity contribution is 7.87. The molecule has 3 nitrogen and oxygen atoms in total. The summed E-state index contributed by atoms with van der Waals surface area (Å²) in [5, 5.41) is 0. The SMILES string of the molecule is O=S(=O)(OF)C(F)C(F)CCF. The van der Waals surface area contributed by atoms with Gasteiger partial charge in [-0.05, 0) is 4.53 Å². The van der Waals surface area contributed by atoms with Crippen LogP contribution in [-0.4, -0.2) is 26.8 Å². The van der Waals surface area contributed by atoms with Crippen molar-refractivity contribution in [1.82, 2.24) is 0 Å². The second-order valence-electron chi connectivity index (χ2n) is 1.90. The third-order valence-corrected chi connectivity index (χ3v) is 2.06. The van der Waals surface area contributed by atoms with E-state index < -0.39 is 34.9 Å². The van der Waals surface area contributed by atoms with E-state index in [0.717, 1.165) is 0 Å². The van der Waals surface area contributed by atoms with E-state index in [4.69, 9.17) is 0 Å². The van der Waals surface area contributed by atoms with Crippen molar-refractivity contribution in [2.75, 3.05) is 6.67 Å². The van der Waals surface area contributed by atoms with Gasteiger partial charge in [0.1, 0.15) is 0 Å². The Labute approximate surface area is 66.3 Å². The first-order valence-corrected chi connectivity index (χ1v) is 4.31. The molecule has 0 rings (SSSR count). The van der Waals surface area contributed by atoms with Crippen molar-refractivity contribution in [3.8, 4) is 0 Å². The molecule has 0 fully saturated rings. The van der Waals surface area contributed by atoms with Crippen molar-refractivity contribution in [3.63, 3.8) is 0 Å². The van der Waals surface area contributed by atoms with Crippen LogP contribution < -0.4 is 0 Å². The Morgan fingerprint density at radius 3 is 2.17 bits per heavy atom. The van der Waals surface area contributed by atoms with Crippen LogP contribution in [0.5, 0.6) is 0 Å². The third kappa shape index (κ3) is 2.94. The lowest BCUT2D eigenvalue weighted by molar-refractivity contribution is -0.00561. The number of hydrogen-bond donors (Lipinski definition) is 0. The number of hydrogen-bond acceptors (Lipinski definition) is 3. The largest absolute Gasteiger partial charge is 0.333 e. The first-order chi connectivity index (χ1) is 5.45. The molecular formula is C4H6F4O3S. The second-order valence-corrected chi connectivity index (χ2v) is 3.46. The van der Waals surface area contributed by atoms with Crippen LogP contribution in [0.25, 0.3) is 0 Å². The highest BCUT2D eigenvalue weighted by atomic mass is 32.2. The lowest BCUT2D eigenvalue weighted by Crippen LogP contribution is -2.27. The van der Waals surface area contributed by atoms with Gasteiger partial charge in [-0.25, -0.2) is 8.78 Å². The number of halogens is 4. The van der Waals surface area contributed by atoms with E-state index in [1.54, 1.807) is 0 Å². The number of alkyl halides is 3. The van der Waals surface area contributed by atoms with Gasteiger partial charge in [-0.15, -0.1) is 0 Å². The molecule has 2 unspecified atom stereocenters. The van der Waals surface area contributed by atoms with Crippen LogP contribution in [0.2, 0.25) is 0 Å². The van der Waals surface area contributed by atoms with Gasteiger partial charge in [0.25, 0.3) is 5.50 Å². The molecular weight excluding hydrogens is 204 g/mol. The Hall–Kier alpha value is -0.370. The summed E-state index contributed by atoms with van der Waals surface area (Å²) in [5.41, 5.74) is -3.18. The highest BCUT2D eigenvalue weighted by Crippen LogP contribution is 2.16. The van der Waals surface area contributed by atoms with Gasteiger partial charge in [-0.3, -0.25) is 4.39 Å². The van der Waals surface area contributed by atoms with Gasteiger partial charge in [0.15, 0.2) is 6.17 Å². The molecule has 8 heteroatoms. The summed E-state index contributed by atoms with van der Waals surface area (Å²) in [6.07, 6.45) is -3.57. The fourth-order valence-corrected chi connectivity index (χ4v) is 1.02. The van der Waals surface area contributed by atoms with Crippen LogP contribution in [0.1, 0.15) is 6.42 Å². The van der Waals surface area contributed by atoms with Crippen LogP contribution in [0.4, 0.5) is 17.7 Å². The van der Waals surface area contributed by atoms with Gasteiger partial charge >= 0.3 is 10.1 Å². The van der Waals surface area contributed by atoms with E-state index in [-0.39, 0.29) is 0 Å². The van der Waals surface area contributed by atoms with E-state index in [9.17, 15) is 26.1 Å². The van der Waals surface area contributed by atoms with Gasteiger partial charge in [0.2, 0.25) is 0 Å². The molecule has 0 saturated heterocycles. The minimum atomic E-state index is -5.19. The molecule has 74 valence electrons. The molecule has 0 radical (unpaired) electrons. The Kier molecular flexibility index (Phi) is 4.46. The standard InChI is InChI=1S/C4H6F4O3S/c5-2-1-3(6)4(7)12(9,10)11-8/h3-4H,1-2H2. The Morgan fingerprint density at radius 1 is 1.33 bits per heavy atom. The smallest absolute Gasteiger partial charge is 0.251 e. The fourth-order valence-electron chi connectivity index (χ4n) is 0.451. The molecule has 0 heterocycles. The summed E-state index contributed by atoms with van der Waals surface area (Å²) < 4.78 is 69.3. The minimum Gasteiger partial charge on any atom is -0.251 e. The molecule has 12 heavy (non-hydrogen) atoms. The Balaban J connectivity index is 4.28. The summed E-state index contributed by atoms with van der Waals surface area (Å²) in [4.78, 5) is 0. The molecule has 0 aliphatic carbocycles. The molecule has 0 saturated carbocycles. The Bertz CT molecular complexity index is 216. The highest BCUT2D eigenvalue weighted by Gasteiger charge is 2.35. The summed E-state index contributed by atoms with van der Waals surface area (Å²) in [6, 6.07) is 0. The van der Waals surface area contributed by atoms with Crippen molar-refractivity contribution in [2.24, 2.45) is 0 Å². The molecule has 0 aromatic heterocycles. The molecule has 0 bridgehead atoms. The van der Waals surface area contributed by atoms with E-state index in [0.29, 0.717) is 0 Å². The number of rotatable bonds is 5. The average molecular weight is 210 g/mol. The van der Waals surface area contributed by atoms with Crippen molar-refractivity contribution in [2.45, 2.75) is 18.1 Å². The topological polar surface area (TPSA) is 43.4 Å². The predicted octanol–water partition coefficient (Wildman–Crippen LogP) is 1.21. The van der Waals surface area contributed by atoms with Gasteiger partial charge in [0, 0.05) is 6.42 Å². The molecule has 0 aromatic carbocycles. The second kappa shape index (κ2) is 4.61. The zero-order chi connectivity index (χ0) is 9.78. The minimum absolute atomic E-state index is 0.955. The molecule has 0 aliphatic rings. The molecule has 0 aliphatic heterocycles. The lowest BCUT2D eigenvalue weighted by Gasteiger charge is -2.08. The maximum Gasteiger partial charge on any atom is 0.333 e. The van der Waals surface area contributed by atoms with E-state index >= 15 is 0 Å². The van der Waals surface area contributed by atoms with Gasteiger partial charge in [-0.2, -0.15) is 8.42 Å². The van der Waals surface area contributed by atoms with Crippen LogP contribution >= 0.6 is 0 Å². The zero-order valence-corrected chi connectivity index (χ0v) is 6.53. The first-order valence-electron chi connectivity index (χ1n) is 2.84. The van der Waals surface area contributed by atoms with Crippen LogP contribution in [0.3, 0.4) is 0 Å². The first kappa shape index (κ1) is 11.6. The molecule has 0 amide bonds. The summed E-state index contributed by atoms with van der Waals surface area (Å²) >= 11 is 0. The van der Waals surface area contributed by atoms with Crippen molar-refractivity contribution < 1.29 is 30.5 Å². The van der Waals surface area contributed by atoms with Crippen molar-refractivity contribution >= 4 is 10.1 Å². The lowest BCUT2D eigenvalue weighted by atomic mass is 10.3. The van der Waals surface area contributed by atoms with Gasteiger partial charge < -0.3 is 0 Å². The monoisotopic (exact) mass is 210 g/mol. The van der Waals surface area contributed by atoms with Crippen molar-refractivity contribution in [3.05, 3.63) is 0 Å². The fraction of sp³-hybridized carbons (Fsp3) is 1.00. The quantitative estimate of drug-likeness (QED) is 0.640. The van der Waals surface area contributed by atoms with Crippen LogP contribution in [0, 0.1) is 0 Å². The molecule has 0 N–H and O–H groups in total. The Morgan fingerprint density at radius 2 is 1.83 bits per heavy atom. The van der Waals surface area contributed by atoms with Gasteiger partial charge in [-0.1, -0.05) is 4.39 Å². The predicted molar refractivity (Wildman–Crippen MR) is 31.5 cm³/mol. The summed E-state index contributed by atoms with van der Waals surface area (Å²) in [5.74, 6) is 0. The zero-order valence-electron chi connectivity index (χ0n) is 5.71.